The second-order valence-corrected chi connectivity index (χ2v) is 4.33. The summed E-state index contributed by atoms with van der Waals surface area (Å²) in [4.78, 5) is 13.5. The van der Waals surface area contributed by atoms with Crippen molar-refractivity contribution in [1.29, 1.82) is 0 Å². The molecule has 2 N–H and O–H groups in total. The Bertz CT molecular complexity index is 354. The molecule has 0 saturated heterocycles. The Kier molecular flexibility index (Phi) is 7.19. The quantitative estimate of drug-likeness (QED) is 0.916. The van der Waals surface area contributed by atoms with Gasteiger partial charge in [0.05, 0.1) is 6.42 Å². The summed E-state index contributed by atoms with van der Waals surface area (Å²) in [5.41, 5.74) is 6.48. The summed E-state index contributed by atoms with van der Waals surface area (Å²) in [5, 5.41) is 0.680. The van der Waals surface area contributed by atoms with Crippen molar-refractivity contribution in [3.63, 3.8) is 0 Å². The fourth-order valence-corrected chi connectivity index (χ4v) is 1.43. The van der Waals surface area contributed by atoms with Gasteiger partial charge in [-0.1, -0.05) is 23.7 Å². The maximum Gasteiger partial charge on any atom is 0.227 e. The van der Waals surface area contributed by atoms with Gasteiger partial charge in [0.25, 0.3) is 0 Å². The first-order chi connectivity index (χ1) is 7.54. The van der Waals surface area contributed by atoms with Crippen molar-refractivity contribution >= 4 is 29.9 Å². The standard InChI is InChI=1S/C12H17ClN2O.ClH/c1-9(8-14)15(2)12(16)7-10-3-5-11(13)6-4-10;/h3-6,9H,7-8,14H2,1-2H3;1H. The fourth-order valence-electron chi connectivity index (χ4n) is 1.31. The molecule has 1 amide bonds. The van der Waals surface area contributed by atoms with Gasteiger partial charge in [-0.2, -0.15) is 0 Å². The van der Waals surface area contributed by atoms with Crippen molar-refractivity contribution in [2.45, 2.75) is 19.4 Å². The van der Waals surface area contributed by atoms with E-state index in [4.69, 9.17) is 17.3 Å². The smallest absolute Gasteiger partial charge is 0.227 e. The molecule has 0 spiro atoms. The van der Waals surface area contributed by atoms with Crippen LogP contribution < -0.4 is 5.73 Å². The molecule has 1 unspecified atom stereocenters. The van der Waals surface area contributed by atoms with E-state index in [9.17, 15) is 4.79 Å². The third-order valence-corrected chi connectivity index (χ3v) is 2.92. The molecule has 17 heavy (non-hydrogen) atoms. The van der Waals surface area contributed by atoms with Gasteiger partial charge in [-0.25, -0.2) is 0 Å². The highest BCUT2D eigenvalue weighted by molar-refractivity contribution is 6.30. The van der Waals surface area contributed by atoms with E-state index in [-0.39, 0.29) is 24.4 Å². The molecule has 1 atom stereocenters. The number of nitrogens with two attached hydrogens (primary N) is 1. The number of amides is 1. The van der Waals surface area contributed by atoms with Gasteiger partial charge in [0.1, 0.15) is 0 Å². The average molecular weight is 277 g/mol. The van der Waals surface area contributed by atoms with Gasteiger partial charge in [0, 0.05) is 24.7 Å². The van der Waals surface area contributed by atoms with Gasteiger partial charge >= 0.3 is 0 Å². The number of carbonyl (C=O) groups excluding carboxylic acids is 1. The first-order valence-corrected chi connectivity index (χ1v) is 5.62. The summed E-state index contributed by atoms with van der Waals surface area (Å²) in [7, 11) is 1.77. The van der Waals surface area contributed by atoms with Gasteiger partial charge in [-0.05, 0) is 24.6 Å². The van der Waals surface area contributed by atoms with E-state index < -0.39 is 0 Å². The summed E-state index contributed by atoms with van der Waals surface area (Å²) in [6, 6.07) is 7.37. The first kappa shape index (κ1) is 16.2. The van der Waals surface area contributed by atoms with Crippen molar-refractivity contribution in [2.75, 3.05) is 13.6 Å². The van der Waals surface area contributed by atoms with E-state index >= 15 is 0 Å². The number of halogens is 2. The maximum atomic E-state index is 11.8. The predicted molar refractivity (Wildman–Crippen MR) is 73.7 cm³/mol. The number of likely N-dealkylation sites (N-methyl/N-ethyl adjacent to an activating group) is 1. The number of rotatable bonds is 4. The lowest BCUT2D eigenvalue weighted by atomic mass is 10.1. The molecule has 3 nitrogen and oxygen atoms in total. The maximum absolute atomic E-state index is 11.8. The van der Waals surface area contributed by atoms with Crippen molar-refractivity contribution in [3.8, 4) is 0 Å². The molecule has 1 aromatic rings. The van der Waals surface area contributed by atoms with Gasteiger partial charge in [-0.3, -0.25) is 4.79 Å². The van der Waals surface area contributed by atoms with Gasteiger partial charge < -0.3 is 10.6 Å². The zero-order chi connectivity index (χ0) is 12.1. The summed E-state index contributed by atoms with van der Waals surface area (Å²) in [6.07, 6.45) is 0.387. The molecular formula is C12H18Cl2N2O. The lowest BCUT2D eigenvalue weighted by Gasteiger charge is -2.23. The minimum Gasteiger partial charge on any atom is -0.341 e. The van der Waals surface area contributed by atoms with Crippen LogP contribution in [0.2, 0.25) is 5.02 Å². The van der Waals surface area contributed by atoms with Crippen molar-refractivity contribution in [1.82, 2.24) is 4.90 Å². The second kappa shape index (κ2) is 7.54. The topological polar surface area (TPSA) is 46.3 Å². The van der Waals surface area contributed by atoms with Crippen molar-refractivity contribution < 1.29 is 4.79 Å². The monoisotopic (exact) mass is 276 g/mol. The number of carbonyl (C=O) groups is 1. The Hall–Kier alpha value is -0.770. The first-order valence-electron chi connectivity index (χ1n) is 5.24. The molecule has 0 saturated carbocycles. The molecule has 0 aliphatic rings. The fraction of sp³-hybridized carbons (Fsp3) is 0.417. The molecule has 0 aliphatic heterocycles. The molecule has 0 bridgehead atoms. The second-order valence-electron chi connectivity index (χ2n) is 3.89. The van der Waals surface area contributed by atoms with Crippen LogP contribution in [0.3, 0.4) is 0 Å². The van der Waals surface area contributed by atoms with E-state index in [1.54, 1.807) is 24.1 Å². The molecule has 0 radical (unpaired) electrons. The van der Waals surface area contributed by atoms with Crippen LogP contribution in [-0.2, 0) is 11.2 Å². The largest absolute Gasteiger partial charge is 0.341 e. The molecular weight excluding hydrogens is 259 g/mol. The summed E-state index contributed by atoms with van der Waals surface area (Å²) in [6.45, 7) is 2.41. The van der Waals surface area contributed by atoms with Crippen LogP contribution >= 0.6 is 24.0 Å². The normalized spacial score (nSPS) is 11.5. The van der Waals surface area contributed by atoms with Crippen LogP contribution in [0.1, 0.15) is 12.5 Å². The van der Waals surface area contributed by atoms with Crippen LogP contribution in [0.25, 0.3) is 0 Å². The Labute approximate surface area is 113 Å². The van der Waals surface area contributed by atoms with Crippen LogP contribution in [0.15, 0.2) is 24.3 Å². The van der Waals surface area contributed by atoms with Crippen molar-refractivity contribution in [2.24, 2.45) is 5.73 Å². The molecule has 0 heterocycles. The minimum atomic E-state index is 0. The number of nitrogens with zero attached hydrogens (tertiary/aromatic N) is 1. The van der Waals surface area contributed by atoms with Crippen LogP contribution in [0, 0.1) is 0 Å². The third-order valence-electron chi connectivity index (χ3n) is 2.66. The molecule has 1 rings (SSSR count). The zero-order valence-electron chi connectivity index (χ0n) is 10.0. The number of hydrogen-bond acceptors (Lipinski definition) is 2. The SMILES string of the molecule is CC(CN)N(C)C(=O)Cc1ccc(Cl)cc1.Cl. The van der Waals surface area contributed by atoms with Crippen LogP contribution in [-0.4, -0.2) is 30.4 Å². The highest BCUT2D eigenvalue weighted by Crippen LogP contribution is 2.11. The molecule has 0 aliphatic carbocycles. The highest BCUT2D eigenvalue weighted by Gasteiger charge is 2.14. The predicted octanol–water partition coefficient (Wildman–Crippen LogP) is 2.11. The van der Waals surface area contributed by atoms with Crippen LogP contribution in [0.4, 0.5) is 0 Å². The van der Waals surface area contributed by atoms with E-state index in [0.29, 0.717) is 18.0 Å². The molecule has 5 heteroatoms. The third kappa shape index (κ3) is 4.94. The molecule has 0 aromatic heterocycles. The molecule has 96 valence electrons. The average Bonchev–Trinajstić information content (AvgIpc) is 2.30. The molecule has 1 aromatic carbocycles. The van der Waals surface area contributed by atoms with Crippen LogP contribution in [0.5, 0.6) is 0 Å². The Morgan fingerprint density at radius 2 is 1.94 bits per heavy atom. The number of hydrogen-bond donors (Lipinski definition) is 1. The summed E-state index contributed by atoms with van der Waals surface area (Å²) in [5.74, 6) is 0.0697. The minimum absolute atomic E-state index is 0. The van der Waals surface area contributed by atoms with Gasteiger partial charge in [-0.15, -0.1) is 12.4 Å². The zero-order valence-corrected chi connectivity index (χ0v) is 11.6. The van der Waals surface area contributed by atoms with Gasteiger partial charge in [0.15, 0.2) is 0 Å². The van der Waals surface area contributed by atoms with Crippen molar-refractivity contribution in [3.05, 3.63) is 34.9 Å². The van der Waals surface area contributed by atoms with E-state index in [1.807, 2.05) is 19.1 Å². The Morgan fingerprint density at radius 1 is 1.41 bits per heavy atom. The highest BCUT2D eigenvalue weighted by atomic mass is 35.5. The summed E-state index contributed by atoms with van der Waals surface area (Å²) >= 11 is 5.77. The van der Waals surface area contributed by atoms with Gasteiger partial charge in [0.2, 0.25) is 5.91 Å². The van der Waals surface area contributed by atoms with E-state index in [2.05, 4.69) is 0 Å². The Balaban J connectivity index is 0.00000256. The summed E-state index contributed by atoms with van der Waals surface area (Å²) < 4.78 is 0. The van der Waals surface area contributed by atoms with E-state index in [0.717, 1.165) is 5.56 Å². The van der Waals surface area contributed by atoms with E-state index in [1.165, 1.54) is 0 Å². The lowest BCUT2D eigenvalue weighted by Crippen LogP contribution is -2.40. The molecule has 0 fully saturated rings. The lowest BCUT2D eigenvalue weighted by molar-refractivity contribution is -0.130. The number of benzene rings is 1. The Morgan fingerprint density at radius 3 is 2.41 bits per heavy atom.